The molecule has 1 atom stereocenters. The van der Waals surface area contributed by atoms with Crippen molar-refractivity contribution in [1.82, 2.24) is 29.8 Å². The van der Waals surface area contributed by atoms with Crippen LogP contribution in [0.5, 0.6) is 0 Å². The van der Waals surface area contributed by atoms with Crippen LogP contribution < -0.4 is 16.0 Å². The Balaban J connectivity index is 1.38. The van der Waals surface area contributed by atoms with Crippen molar-refractivity contribution in [1.29, 1.82) is 0 Å². The quantitative estimate of drug-likeness (QED) is 0.297. The second kappa shape index (κ2) is 10.1. The largest absolute Gasteiger partial charge is 0.351 e. The molecular formula is C26H27ClN8O3. The molecule has 2 saturated heterocycles. The minimum atomic E-state index is -0.462. The first-order chi connectivity index (χ1) is 18.4. The summed E-state index contributed by atoms with van der Waals surface area (Å²) in [6, 6.07) is 7.25. The van der Waals surface area contributed by atoms with Crippen molar-refractivity contribution >= 4 is 52.9 Å². The molecule has 1 unspecified atom stereocenters. The number of hydrogen-bond donors (Lipinski definition) is 3. The molecule has 12 heteroatoms. The molecule has 2 aliphatic heterocycles. The molecule has 3 amide bonds. The van der Waals surface area contributed by atoms with Crippen LogP contribution in [0.2, 0.25) is 5.02 Å². The summed E-state index contributed by atoms with van der Waals surface area (Å²) in [5.41, 5.74) is 2.17. The Hall–Kier alpha value is -3.99. The lowest BCUT2D eigenvalue weighted by Gasteiger charge is -2.23. The van der Waals surface area contributed by atoms with E-state index in [0.717, 1.165) is 44.3 Å². The predicted molar refractivity (Wildman–Crippen MR) is 141 cm³/mol. The number of aromatic nitrogens is 4. The van der Waals surface area contributed by atoms with E-state index in [1.165, 1.54) is 0 Å². The normalized spacial score (nSPS) is 19.3. The van der Waals surface area contributed by atoms with Crippen molar-refractivity contribution in [3.8, 4) is 0 Å². The third kappa shape index (κ3) is 5.06. The molecule has 0 radical (unpaired) electrons. The standard InChI is InChI=1S/C26H27ClN8O3/c27-19-6-2-1-5-18(19)20(13-22(37)34-9-3-4-10-34)30-25-32-23-16(11-15-12-21(36)31-24(15)38)14-28-35(23)26(33-25)29-17-7-8-17/h1-2,5-6,11,14,17,20H,3-4,7-10,12-13H2,(H,31,36,38)(H2,29,30,32,33)/b15-11+. The topological polar surface area (TPSA) is 134 Å². The fraction of sp³-hybridized carbons (Fsp3) is 0.385. The molecule has 1 saturated carbocycles. The van der Waals surface area contributed by atoms with Gasteiger partial charge < -0.3 is 15.5 Å². The van der Waals surface area contributed by atoms with Gasteiger partial charge in [0.15, 0.2) is 5.65 Å². The monoisotopic (exact) mass is 534 g/mol. The van der Waals surface area contributed by atoms with Gasteiger partial charge in [-0.1, -0.05) is 29.8 Å². The molecule has 0 spiro atoms. The Bertz CT molecular complexity index is 1460. The average molecular weight is 535 g/mol. The number of nitrogens with one attached hydrogen (secondary N) is 3. The summed E-state index contributed by atoms with van der Waals surface area (Å²) in [5.74, 6) is 0.0876. The molecule has 3 N–H and O–H groups in total. The van der Waals surface area contributed by atoms with Crippen molar-refractivity contribution in [2.24, 2.45) is 0 Å². The van der Waals surface area contributed by atoms with Crippen molar-refractivity contribution < 1.29 is 14.4 Å². The summed E-state index contributed by atoms with van der Waals surface area (Å²) < 4.78 is 1.59. The maximum atomic E-state index is 13.1. The summed E-state index contributed by atoms with van der Waals surface area (Å²) in [6.07, 6.45) is 7.50. The number of likely N-dealkylation sites (tertiary alicyclic amines) is 1. The highest BCUT2D eigenvalue weighted by Crippen LogP contribution is 2.31. The van der Waals surface area contributed by atoms with Gasteiger partial charge >= 0.3 is 0 Å². The third-order valence-electron chi connectivity index (χ3n) is 6.95. The lowest BCUT2D eigenvalue weighted by Crippen LogP contribution is -2.30. The second-order valence-corrected chi connectivity index (χ2v) is 10.3. The average Bonchev–Trinajstić information content (AvgIpc) is 3.25. The highest BCUT2D eigenvalue weighted by Gasteiger charge is 2.28. The van der Waals surface area contributed by atoms with Gasteiger partial charge in [0.2, 0.25) is 23.7 Å². The number of carbonyl (C=O) groups excluding carboxylic acids is 3. The molecule has 1 aromatic carbocycles. The summed E-state index contributed by atoms with van der Waals surface area (Å²) in [4.78, 5) is 48.3. The van der Waals surface area contributed by atoms with Crippen molar-refractivity contribution in [2.75, 3.05) is 23.7 Å². The van der Waals surface area contributed by atoms with Gasteiger partial charge in [-0.2, -0.15) is 19.6 Å². The highest BCUT2D eigenvalue weighted by molar-refractivity contribution is 6.31. The van der Waals surface area contributed by atoms with E-state index in [1.807, 2.05) is 23.1 Å². The summed E-state index contributed by atoms with van der Waals surface area (Å²) >= 11 is 6.55. The van der Waals surface area contributed by atoms with Crippen molar-refractivity contribution in [2.45, 2.75) is 50.6 Å². The van der Waals surface area contributed by atoms with E-state index in [-0.39, 0.29) is 24.7 Å². The van der Waals surface area contributed by atoms with Gasteiger partial charge in [-0.15, -0.1) is 0 Å². The first-order valence-electron chi connectivity index (χ1n) is 12.8. The van der Waals surface area contributed by atoms with Crippen molar-refractivity contribution in [3.05, 3.63) is 52.2 Å². The molecule has 3 fully saturated rings. The number of hydrogen-bond acceptors (Lipinski definition) is 8. The Morgan fingerprint density at radius 3 is 2.68 bits per heavy atom. The van der Waals surface area contributed by atoms with Crippen LogP contribution in [0.15, 0.2) is 36.0 Å². The minimum Gasteiger partial charge on any atom is -0.351 e. The van der Waals surface area contributed by atoms with E-state index in [9.17, 15) is 14.4 Å². The zero-order valence-corrected chi connectivity index (χ0v) is 21.4. The number of carbonyl (C=O) groups is 3. The Kier molecular flexibility index (Phi) is 6.44. The molecule has 6 rings (SSSR count). The lowest BCUT2D eigenvalue weighted by molar-refractivity contribution is -0.130. The van der Waals surface area contributed by atoms with Gasteiger partial charge in [0.25, 0.3) is 5.91 Å². The number of halogens is 1. The summed E-state index contributed by atoms with van der Waals surface area (Å²) in [6.45, 7) is 1.52. The minimum absolute atomic E-state index is 0.00668. The van der Waals surface area contributed by atoms with Crippen LogP contribution in [0.3, 0.4) is 0 Å². The number of imide groups is 1. The Labute approximate surface area is 223 Å². The Morgan fingerprint density at radius 2 is 1.97 bits per heavy atom. The molecule has 38 heavy (non-hydrogen) atoms. The molecule has 0 bridgehead atoms. The number of amides is 3. The first kappa shape index (κ1) is 24.4. The SMILES string of the molecule is O=C1C/C(=C\c2cnn3c(NC4CC4)nc(NC(CC(=O)N4CCCC4)c4ccccc4Cl)nc23)C(=O)N1. The van der Waals surface area contributed by atoms with E-state index in [4.69, 9.17) is 21.6 Å². The smallest absolute Gasteiger partial charge is 0.254 e. The van der Waals surface area contributed by atoms with Crippen LogP contribution in [0, 0.1) is 0 Å². The fourth-order valence-electron chi connectivity index (χ4n) is 4.80. The Morgan fingerprint density at radius 1 is 1.18 bits per heavy atom. The number of rotatable bonds is 8. The molecule has 196 valence electrons. The summed E-state index contributed by atoms with van der Waals surface area (Å²) in [5, 5.41) is 14.0. The molecule has 4 heterocycles. The van der Waals surface area contributed by atoms with Gasteiger partial charge in [-0.05, 0) is 43.4 Å². The number of nitrogens with zero attached hydrogens (tertiary/aromatic N) is 5. The molecule has 1 aliphatic carbocycles. The summed E-state index contributed by atoms with van der Waals surface area (Å²) in [7, 11) is 0. The van der Waals surface area contributed by atoms with Gasteiger partial charge in [0, 0.05) is 35.3 Å². The number of anilines is 2. The predicted octanol–water partition coefficient (Wildman–Crippen LogP) is 2.95. The van der Waals surface area contributed by atoms with Crippen LogP contribution in [0.25, 0.3) is 11.7 Å². The van der Waals surface area contributed by atoms with E-state index in [2.05, 4.69) is 21.0 Å². The first-order valence-corrected chi connectivity index (χ1v) is 13.2. The maximum absolute atomic E-state index is 13.1. The van der Waals surface area contributed by atoms with Crippen LogP contribution >= 0.6 is 11.6 Å². The van der Waals surface area contributed by atoms with E-state index in [0.29, 0.717) is 39.7 Å². The lowest BCUT2D eigenvalue weighted by atomic mass is 10.0. The van der Waals surface area contributed by atoms with Gasteiger partial charge in [-0.3, -0.25) is 19.7 Å². The zero-order chi connectivity index (χ0) is 26.2. The van der Waals surface area contributed by atoms with Gasteiger partial charge in [0.05, 0.1) is 25.1 Å². The van der Waals surface area contributed by atoms with Crippen LogP contribution in [-0.4, -0.2) is 61.3 Å². The molecule has 3 aliphatic rings. The van der Waals surface area contributed by atoms with E-state index < -0.39 is 11.9 Å². The van der Waals surface area contributed by atoms with Gasteiger partial charge in [-0.25, -0.2) is 0 Å². The number of fused-ring (bicyclic) bond motifs is 1. The van der Waals surface area contributed by atoms with Crippen LogP contribution in [0.4, 0.5) is 11.9 Å². The van der Waals surface area contributed by atoms with Gasteiger partial charge in [0.1, 0.15) is 0 Å². The van der Waals surface area contributed by atoms with E-state index >= 15 is 0 Å². The molecule has 11 nitrogen and oxygen atoms in total. The zero-order valence-electron chi connectivity index (χ0n) is 20.6. The molecule has 2 aromatic heterocycles. The molecular weight excluding hydrogens is 508 g/mol. The van der Waals surface area contributed by atoms with Crippen LogP contribution in [0.1, 0.15) is 55.7 Å². The van der Waals surface area contributed by atoms with Crippen LogP contribution in [-0.2, 0) is 14.4 Å². The van der Waals surface area contributed by atoms with E-state index in [1.54, 1.807) is 22.9 Å². The second-order valence-electron chi connectivity index (χ2n) is 9.86. The maximum Gasteiger partial charge on any atom is 0.254 e. The molecule has 3 aromatic rings. The van der Waals surface area contributed by atoms with Crippen molar-refractivity contribution in [3.63, 3.8) is 0 Å². The number of benzene rings is 1. The fourth-order valence-corrected chi connectivity index (χ4v) is 5.06. The highest BCUT2D eigenvalue weighted by atomic mass is 35.5. The third-order valence-corrected chi connectivity index (χ3v) is 7.30.